The molecule has 1 aromatic rings. The summed E-state index contributed by atoms with van der Waals surface area (Å²) < 4.78 is 37.5. The molecule has 0 radical (unpaired) electrons. The molecule has 0 aliphatic heterocycles. The Kier molecular flexibility index (Phi) is 2.41. The van der Waals surface area contributed by atoms with E-state index in [1.54, 1.807) is 6.07 Å². The van der Waals surface area contributed by atoms with Gasteiger partial charge in [0.1, 0.15) is 4.88 Å². The van der Waals surface area contributed by atoms with Crippen molar-refractivity contribution in [3.05, 3.63) is 21.9 Å². The summed E-state index contributed by atoms with van der Waals surface area (Å²) in [5.74, 6) is 0. The van der Waals surface area contributed by atoms with Gasteiger partial charge in [0.05, 0.1) is 0 Å². The summed E-state index contributed by atoms with van der Waals surface area (Å²) in [7, 11) is 0. The van der Waals surface area contributed by atoms with Gasteiger partial charge in [-0.3, -0.25) is 0 Å². The summed E-state index contributed by atoms with van der Waals surface area (Å²) in [6.07, 6.45) is -3.37. The molecule has 1 saturated carbocycles. The molecule has 1 aliphatic carbocycles. The van der Waals surface area contributed by atoms with E-state index in [4.69, 9.17) is 5.73 Å². The predicted octanol–water partition coefficient (Wildman–Crippen LogP) is 3.39. The molecular formula is C11H14F3NS. The highest BCUT2D eigenvalue weighted by Gasteiger charge is 2.62. The van der Waals surface area contributed by atoms with Gasteiger partial charge >= 0.3 is 6.18 Å². The highest BCUT2D eigenvalue weighted by Crippen LogP contribution is 2.65. The van der Waals surface area contributed by atoms with Crippen molar-refractivity contribution >= 4 is 11.3 Å². The largest absolute Gasteiger partial charge is 0.425 e. The summed E-state index contributed by atoms with van der Waals surface area (Å²) in [5, 5.41) is 0. The Labute approximate surface area is 96.5 Å². The molecule has 1 unspecified atom stereocenters. The normalized spacial score (nSPS) is 28.1. The van der Waals surface area contributed by atoms with Crippen molar-refractivity contribution in [3.8, 4) is 0 Å². The Morgan fingerprint density at radius 3 is 2.25 bits per heavy atom. The maximum absolute atomic E-state index is 12.5. The Bertz CT molecular complexity index is 408. The van der Waals surface area contributed by atoms with Crippen LogP contribution >= 0.6 is 11.3 Å². The van der Waals surface area contributed by atoms with Crippen LogP contribution in [-0.2, 0) is 11.6 Å². The number of hydrogen-bond acceptors (Lipinski definition) is 2. The third kappa shape index (κ3) is 1.57. The van der Waals surface area contributed by atoms with Crippen molar-refractivity contribution < 1.29 is 13.2 Å². The number of alkyl halides is 3. The van der Waals surface area contributed by atoms with Gasteiger partial charge in [-0.05, 0) is 24.0 Å². The monoisotopic (exact) mass is 249 g/mol. The highest BCUT2D eigenvalue weighted by atomic mass is 32.1. The zero-order chi connectivity index (χ0) is 12.2. The Morgan fingerprint density at radius 2 is 1.94 bits per heavy atom. The van der Waals surface area contributed by atoms with Gasteiger partial charge in [-0.15, -0.1) is 11.3 Å². The highest BCUT2D eigenvalue weighted by molar-refractivity contribution is 7.12. The van der Waals surface area contributed by atoms with Crippen molar-refractivity contribution in [2.75, 3.05) is 6.54 Å². The second-order valence-electron chi connectivity index (χ2n) is 5.01. The molecule has 0 saturated heterocycles. The molecular weight excluding hydrogens is 235 g/mol. The van der Waals surface area contributed by atoms with Crippen molar-refractivity contribution in [2.24, 2.45) is 11.1 Å². The van der Waals surface area contributed by atoms with Crippen LogP contribution in [0.3, 0.4) is 0 Å². The van der Waals surface area contributed by atoms with E-state index in [1.807, 2.05) is 13.8 Å². The number of nitrogens with two attached hydrogens (primary N) is 1. The zero-order valence-corrected chi connectivity index (χ0v) is 10.0. The van der Waals surface area contributed by atoms with Crippen LogP contribution in [0.4, 0.5) is 13.2 Å². The van der Waals surface area contributed by atoms with Crippen LogP contribution in [0, 0.1) is 5.41 Å². The smallest absolute Gasteiger partial charge is 0.330 e. The number of thiophene rings is 1. The van der Waals surface area contributed by atoms with Gasteiger partial charge in [0, 0.05) is 16.8 Å². The predicted molar refractivity (Wildman–Crippen MR) is 58.5 cm³/mol. The fraction of sp³-hybridized carbons (Fsp3) is 0.636. The molecule has 5 heteroatoms. The van der Waals surface area contributed by atoms with Gasteiger partial charge in [-0.2, -0.15) is 13.2 Å². The standard InChI is InChI=1S/C11H14F3NS/c1-9(2)5-10(9,6-15)7-3-4-8(16-7)11(12,13)14/h3-4H,5-6,15H2,1-2H3. The van der Waals surface area contributed by atoms with Crippen LogP contribution in [0.1, 0.15) is 30.0 Å². The lowest BCUT2D eigenvalue weighted by molar-refractivity contribution is -0.134. The molecule has 90 valence electrons. The van der Waals surface area contributed by atoms with Crippen molar-refractivity contribution in [3.63, 3.8) is 0 Å². The SMILES string of the molecule is CC1(C)CC1(CN)c1ccc(C(F)(F)F)s1. The van der Waals surface area contributed by atoms with Crippen molar-refractivity contribution in [1.29, 1.82) is 0 Å². The maximum atomic E-state index is 12.5. The average molecular weight is 249 g/mol. The first kappa shape index (κ1) is 11.9. The van der Waals surface area contributed by atoms with Crippen LogP contribution in [0.25, 0.3) is 0 Å². The van der Waals surface area contributed by atoms with Crippen LogP contribution < -0.4 is 5.73 Å². The fourth-order valence-corrected chi connectivity index (χ4v) is 3.58. The molecule has 16 heavy (non-hydrogen) atoms. The Morgan fingerprint density at radius 1 is 1.38 bits per heavy atom. The topological polar surface area (TPSA) is 26.0 Å². The van der Waals surface area contributed by atoms with Gasteiger partial charge in [0.15, 0.2) is 0 Å². The van der Waals surface area contributed by atoms with E-state index >= 15 is 0 Å². The molecule has 1 aliphatic rings. The maximum Gasteiger partial charge on any atom is 0.425 e. The average Bonchev–Trinajstić information content (AvgIpc) is 2.59. The van der Waals surface area contributed by atoms with E-state index in [9.17, 15) is 13.2 Å². The Balaban J connectivity index is 2.33. The first-order chi connectivity index (χ1) is 7.23. The van der Waals surface area contributed by atoms with E-state index < -0.39 is 11.1 Å². The molecule has 1 fully saturated rings. The molecule has 1 aromatic heterocycles. The molecule has 0 amide bonds. The van der Waals surface area contributed by atoms with Gasteiger partial charge in [0.2, 0.25) is 0 Å². The molecule has 2 N–H and O–H groups in total. The van der Waals surface area contributed by atoms with Gasteiger partial charge in [-0.1, -0.05) is 13.8 Å². The Hall–Kier alpha value is -0.550. The minimum Gasteiger partial charge on any atom is -0.330 e. The summed E-state index contributed by atoms with van der Waals surface area (Å²) in [5.41, 5.74) is 5.51. The van der Waals surface area contributed by atoms with Crippen LogP contribution in [0.5, 0.6) is 0 Å². The molecule has 1 atom stereocenters. The lowest BCUT2D eigenvalue weighted by Crippen LogP contribution is -2.24. The third-order valence-electron chi connectivity index (χ3n) is 3.62. The first-order valence-electron chi connectivity index (χ1n) is 5.10. The van der Waals surface area contributed by atoms with Gasteiger partial charge < -0.3 is 5.73 Å². The quantitative estimate of drug-likeness (QED) is 0.854. The van der Waals surface area contributed by atoms with E-state index in [1.165, 1.54) is 0 Å². The lowest BCUT2D eigenvalue weighted by atomic mass is 9.94. The van der Waals surface area contributed by atoms with Crippen molar-refractivity contribution in [1.82, 2.24) is 0 Å². The molecule has 0 spiro atoms. The molecule has 1 heterocycles. The van der Waals surface area contributed by atoms with E-state index in [0.29, 0.717) is 6.54 Å². The summed E-state index contributed by atoms with van der Waals surface area (Å²) in [6.45, 7) is 4.51. The van der Waals surface area contributed by atoms with E-state index in [-0.39, 0.29) is 10.8 Å². The van der Waals surface area contributed by atoms with Crippen molar-refractivity contribution in [2.45, 2.75) is 31.9 Å². The molecule has 0 aromatic carbocycles. The van der Waals surface area contributed by atoms with E-state index in [0.717, 1.165) is 28.7 Å². The third-order valence-corrected chi connectivity index (χ3v) is 4.95. The van der Waals surface area contributed by atoms with Crippen LogP contribution in [0.2, 0.25) is 0 Å². The lowest BCUT2D eigenvalue weighted by Gasteiger charge is -2.16. The number of rotatable bonds is 2. The minimum absolute atomic E-state index is 0.0233. The van der Waals surface area contributed by atoms with E-state index in [2.05, 4.69) is 0 Å². The first-order valence-corrected chi connectivity index (χ1v) is 5.92. The number of hydrogen-bond donors (Lipinski definition) is 1. The zero-order valence-electron chi connectivity index (χ0n) is 9.19. The number of halogens is 3. The van der Waals surface area contributed by atoms with Crippen LogP contribution in [0.15, 0.2) is 12.1 Å². The second kappa shape index (κ2) is 3.23. The van der Waals surface area contributed by atoms with Gasteiger partial charge in [-0.25, -0.2) is 0 Å². The molecule has 2 rings (SSSR count). The van der Waals surface area contributed by atoms with Crippen LogP contribution in [-0.4, -0.2) is 6.54 Å². The minimum atomic E-state index is -4.24. The summed E-state index contributed by atoms with van der Waals surface area (Å²) in [4.78, 5) is 0.241. The fourth-order valence-electron chi connectivity index (χ4n) is 2.33. The summed E-state index contributed by atoms with van der Waals surface area (Å²) in [6, 6.07) is 2.74. The summed E-state index contributed by atoms with van der Waals surface area (Å²) >= 11 is 0.831. The molecule has 1 nitrogen and oxygen atoms in total. The molecule has 0 bridgehead atoms. The van der Waals surface area contributed by atoms with Gasteiger partial charge in [0.25, 0.3) is 0 Å². The second-order valence-corrected chi connectivity index (χ2v) is 6.09.